The van der Waals surface area contributed by atoms with Crippen molar-refractivity contribution in [3.05, 3.63) is 16.1 Å². The highest BCUT2D eigenvalue weighted by Gasteiger charge is 2.27. The van der Waals surface area contributed by atoms with Gasteiger partial charge in [-0.3, -0.25) is 0 Å². The topological polar surface area (TPSA) is 54.5 Å². The van der Waals surface area contributed by atoms with Gasteiger partial charge >= 0.3 is 6.03 Å². The number of ether oxygens (including phenoxy) is 1. The fraction of sp³-hybridized carbons (Fsp3) is 0.750. The number of likely N-dealkylation sites (tertiary alicyclic amines) is 1. The lowest BCUT2D eigenvalue weighted by Gasteiger charge is -2.20. The van der Waals surface area contributed by atoms with Gasteiger partial charge in [-0.05, 0) is 32.6 Å². The van der Waals surface area contributed by atoms with Gasteiger partial charge < -0.3 is 15.0 Å². The maximum Gasteiger partial charge on any atom is 0.318 e. The number of nitrogens with zero attached hydrogens (tertiary/aromatic N) is 2. The molecule has 5 nitrogen and oxygen atoms in total. The third-order valence-corrected chi connectivity index (χ3v) is 4.69. The van der Waals surface area contributed by atoms with Crippen LogP contribution in [0, 0.1) is 12.8 Å². The van der Waals surface area contributed by atoms with E-state index < -0.39 is 0 Å². The smallest absolute Gasteiger partial charge is 0.318 e. The Morgan fingerprint density at radius 3 is 2.95 bits per heavy atom. The molecule has 0 aromatic carbocycles. The summed E-state index contributed by atoms with van der Waals surface area (Å²) in [6.07, 6.45) is 2.18. The van der Waals surface area contributed by atoms with Gasteiger partial charge in [0.05, 0.1) is 22.8 Å². The molecule has 0 radical (unpaired) electrons. The maximum atomic E-state index is 12.3. The van der Waals surface area contributed by atoms with Crippen LogP contribution in [0.25, 0.3) is 0 Å². The van der Waals surface area contributed by atoms with Crippen LogP contribution < -0.4 is 5.32 Å². The first-order valence-corrected chi connectivity index (χ1v) is 8.92. The summed E-state index contributed by atoms with van der Waals surface area (Å²) in [5.74, 6) is 0.656. The lowest BCUT2D eigenvalue weighted by molar-refractivity contribution is 0.0542. The van der Waals surface area contributed by atoms with Crippen molar-refractivity contribution < 1.29 is 9.53 Å². The molecule has 1 aromatic heterocycles. The van der Waals surface area contributed by atoms with Crippen molar-refractivity contribution in [1.29, 1.82) is 0 Å². The monoisotopic (exact) mass is 325 g/mol. The maximum absolute atomic E-state index is 12.3. The Morgan fingerprint density at radius 1 is 1.55 bits per heavy atom. The predicted molar refractivity (Wildman–Crippen MR) is 89.2 cm³/mol. The van der Waals surface area contributed by atoms with Gasteiger partial charge in [0.25, 0.3) is 0 Å². The third-order valence-electron chi connectivity index (χ3n) is 3.90. The van der Waals surface area contributed by atoms with Crippen LogP contribution >= 0.6 is 11.3 Å². The summed E-state index contributed by atoms with van der Waals surface area (Å²) >= 11 is 1.61. The molecule has 0 spiro atoms. The zero-order valence-corrected chi connectivity index (χ0v) is 14.8. The first kappa shape index (κ1) is 17.2. The van der Waals surface area contributed by atoms with Gasteiger partial charge in [-0.1, -0.05) is 13.8 Å². The molecule has 2 rings (SSSR count). The fourth-order valence-corrected chi connectivity index (χ4v) is 3.15. The molecule has 2 atom stereocenters. The number of amides is 2. The van der Waals surface area contributed by atoms with Gasteiger partial charge in [-0.25, -0.2) is 9.78 Å². The molecule has 0 saturated carbocycles. The highest BCUT2D eigenvalue weighted by Crippen LogP contribution is 2.18. The normalized spacial score (nSPS) is 19.7. The molecule has 6 heteroatoms. The Balaban J connectivity index is 1.74. The lowest BCUT2D eigenvalue weighted by Crippen LogP contribution is -2.40. The Bertz CT molecular complexity index is 489. The summed E-state index contributed by atoms with van der Waals surface area (Å²) in [7, 11) is 0. The van der Waals surface area contributed by atoms with Crippen LogP contribution in [-0.2, 0) is 4.74 Å². The van der Waals surface area contributed by atoms with E-state index in [-0.39, 0.29) is 18.2 Å². The van der Waals surface area contributed by atoms with Gasteiger partial charge in [0, 0.05) is 25.1 Å². The highest BCUT2D eigenvalue weighted by atomic mass is 32.1. The molecule has 2 amide bonds. The van der Waals surface area contributed by atoms with Crippen LogP contribution in [0.1, 0.15) is 50.4 Å². The van der Waals surface area contributed by atoms with E-state index in [2.05, 4.69) is 24.1 Å². The second kappa shape index (κ2) is 7.92. The number of hydrogen-bond donors (Lipinski definition) is 1. The molecule has 2 unspecified atom stereocenters. The number of aromatic nitrogens is 1. The van der Waals surface area contributed by atoms with Crippen molar-refractivity contribution in [1.82, 2.24) is 15.2 Å². The number of nitrogens with one attached hydrogen (secondary N) is 1. The molecule has 0 aliphatic carbocycles. The molecule has 1 N–H and O–H groups in total. The van der Waals surface area contributed by atoms with E-state index in [1.54, 1.807) is 11.3 Å². The average molecular weight is 325 g/mol. The Labute approximate surface area is 137 Å². The van der Waals surface area contributed by atoms with Crippen molar-refractivity contribution in [2.24, 2.45) is 5.92 Å². The predicted octanol–water partition coefficient (Wildman–Crippen LogP) is 3.36. The van der Waals surface area contributed by atoms with Crippen molar-refractivity contribution in [2.45, 2.75) is 52.7 Å². The van der Waals surface area contributed by atoms with E-state index in [1.807, 2.05) is 24.1 Å². The van der Waals surface area contributed by atoms with Crippen molar-refractivity contribution in [3.63, 3.8) is 0 Å². The van der Waals surface area contributed by atoms with Gasteiger partial charge in [-0.2, -0.15) is 0 Å². The minimum absolute atomic E-state index is 0.0203. The van der Waals surface area contributed by atoms with Crippen molar-refractivity contribution in [2.75, 3.05) is 19.7 Å². The van der Waals surface area contributed by atoms with Gasteiger partial charge in [0.2, 0.25) is 0 Å². The summed E-state index contributed by atoms with van der Waals surface area (Å²) in [4.78, 5) is 18.6. The highest BCUT2D eigenvalue weighted by molar-refractivity contribution is 7.09. The Kier molecular flexibility index (Phi) is 6.20. The molecule has 1 aliphatic heterocycles. The first-order valence-electron chi connectivity index (χ1n) is 8.04. The van der Waals surface area contributed by atoms with Crippen molar-refractivity contribution in [3.8, 4) is 0 Å². The minimum Gasteiger partial charge on any atom is -0.376 e. The van der Waals surface area contributed by atoms with E-state index >= 15 is 0 Å². The van der Waals surface area contributed by atoms with Gasteiger partial charge in [0.15, 0.2) is 0 Å². The fourth-order valence-electron chi connectivity index (χ4n) is 2.45. The van der Waals surface area contributed by atoms with E-state index in [0.29, 0.717) is 12.5 Å². The summed E-state index contributed by atoms with van der Waals surface area (Å²) in [5, 5.41) is 6.05. The standard InChI is InChI=1S/C16H27N3O2S/c1-11(2)6-8-21-14-5-7-19(9-14)16(20)17-12(3)15-10-22-13(4)18-15/h10-12,14H,5-9H2,1-4H3,(H,17,20). The second-order valence-electron chi connectivity index (χ2n) is 6.37. The molecule has 1 saturated heterocycles. The number of urea groups is 1. The largest absolute Gasteiger partial charge is 0.376 e. The summed E-state index contributed by atoms with van der Waals surface area (Å²) in [6.45, 7) is 10.6. The second-order valence-corrected chi connectivity index (χ2v) is 7.43. The first-order chi connectivity index (χ1) is 10.5. The van der Waals surface area contributed by atoms with Crippen LogP contribution in [0.5, 0.6) is 0 Å². The third kappa shape index (κ3) is 4.95. The summed E-state index contributed by atoms with van der Waals surface area (Å²) in [5.41, 5.74) is 0.930. The molecular formula is C16H27N3O2S. The molecule has 22 heavy (non-hydrogen) atoms. The van der Waals surface area contributed by atoms with E-state index in [4.69, 9.17) is 4.74 Å². The molecule has 124 valence electrons. The summed E-state index contributed by atoms with van der Waals surface area (Å²) in [6, 6.07) is -0.0773. The number of hydrogen-bond acceptors (Lipinski definition) is 4. The summed E-state index contributed by atoms with van der Waals surface area (Å²) < 4.78 is 5.85. The Morgan fingerprint density at radius 2 is 2.32 bits per heavy atom. The number of carbonyl (C=O) groups excluding carboxylic acids is 1. The molecule has 0 bridgehead atoms. The number of rotatable bonds is 6. The van der Waals surface area contributed by atoms with Crippen LogP contribution in [0.3, 0.4) is 0 Å². The van der Waals surface area contributed by atoms with Gasteiger partial charge in [0.1, 0.15) is 0 Å². The number of thiazole rings is 1. The zero-order chi connectivity index (χ0) is 16.1. The average Bonchev–Trinajstić information content (AvgIpc) is 3.07. The van der Waals surface area contributed by atoms with Crippen LogP contribution in [0.15, 0.2) is 5.38 Å². The SMILES string of the molecule is Cc1nc(C(C)NC(=O)N2CCC(OCCC(C)C)C2)cs1. The van der Waals surface area contributed by atoms with Crippen LogP contribution in [0.4, 0.5) is 4.79 Å². The molecule has 1 fully saturated rings. The molecule has 1 aromatic rings. The Hall–Kier alpha value is -1.14. The van der Waals surface area contributed by atoms with E-state index in [9.17, 15) is 4.79 Å². The van der Waals surface area contributed by atoms with Crippen LogP contribution in [-0.4, -0.2) is 41.7 Å². The molecule has 2 heterocycles. The minimum atomic E-state index is -0.0571. The quantitative estimate of drug-likeness (QED) is 0.872. The lowest BCUT2D eigenvalue weighted by atomic mass is 10.1. The van der Waals surface area contributed by atoms with Crippen molar-refractivity contribution >= 4 is 17.4 Å². The molecule has 1 aliphatic rings. The van der Waals surface area contributed by atoms with Gasteiger partial charge in [-0.15, -0.1) is 11.3 Å². The zero-order valence-electron chi connectivity index (χ0n) is 14.0. The number of carbonyl (C=O) groups is 1. The van der Waals surface area contributed by atoms with E-state index in [0.717, 1.165) is 36.7 Å². The van der Waals surface area contributed by atoms with Crippen LogP contribution in [0.2, 0.25) is 0 Å². The van der Waals surface area contributed by atoms with E-state index in [1.165, 1.54) is 0 Å². The number of aryl methyl sites for hydroxylation is 1. The molecular weight excluding hydrogens is 298 g/mol.